The number of hydrogen-bond acceptors (Lipinski definition) is 1. The molecule has 0 saturated heterocycles. The first kappa shape index (κ1) is 14.2. The zero-order valence-electron chi connectivity index (χ0n) is 14.8. The van der Waals surface area contributed by atoms with E-state index in [0.29, 0.717) is 10.8 Å². The fourth-order valence-corrected chi connectivity index (χ4v) is 9.42. The van der Waals surface area contributed by atoms with Crippen LogP contribution in [0.5, 0.6) is 0 Å². The summed E-state index contributed by atoms with van der Waals surface area (Å²) in [7, 11) is 0. The van der Waals surface area contributed by atoms with Gasteiger partial charge in [0.25, 0.3) is 0 Å². The molecule has 0 spiro atoms. The predicted octanol–water partition coefficient (Wildman–Crippen LogP) is 5.44. The molecule has 8 aliphatic rings. The normalized spacial score (nSPS) is 59.0. The van der Waals surface area contributed by atoms with Gasteiger partial charge in [0.15, 0.2) is 0 Å². The Bertz CT molecular complexity index is 378. The zero-order chi connectivity index (χ0) is 15.1. The van der Waals surface area contributed by atoms with Crippen molar-refractivity contribution < 1.29 is 4.74 Å². The van der Waals surface area contributed by atoms with Crippen molar-refractivity contribution >= 4 is 0 Å². The third-order valence-electron chi connectivity index (χ3n) is 9.15. The summed E-state index contributed by atoms with van der Waals surface area (Å²) in [5.74, 6) is 6.44. The summed E-state index contributed by atoms with van der Waals surface area (Å²) in [5.41, 5.74) is 1.24. The summed E-state index contributed by atoms with van der Waals surface area (Å²) in [6.45, 7) is 2.25. The molecule has 8 bridgehead atoms. The first-order valence-electron chi connectivity index (χ1n) is 10.8. The van der Waals surface area contributed by atoms with Gasteiger partial charge in [-0.1, -0.05) is 0 Å². The van der Waals surface area contributed by atoms with Crippen molar-refractivity contribution in [2.45, 2.75) is 77.0 Å². The van der Waals surface area contributed by atoms with Crippen LogP contribution in [0.15, 0.2) is 0 Å². The van der Waals surface area contributed by atoms with Gasteiger partial charge in [-0.2, -0.15) is 0 Å². The van der Waals surface area contributed by atoms with Gasteiger partial charge in [0.1, 0.15) is 0 Å². The van der Waals surface area contributed by atoms with Crippen LogP contribution in [0.25, 0.3) is 0 Å². The van der Waals surface area contributed by atoms with E-state index >= 15 is 0 Å². The summed E-state index contributed by atoms with van der Waals surface area (Å²) in [6.07, 6.45) is 18.5. The van der Waals surface area contributed by atoms with Gasteiger partial charge in [-0.25, -0.2) is 0 Å². The van der Waals surface area contributed by atoms with Crippen LogP contribution in [0.1, 0.15) is 77.0 Å². The van der Waals surface area contributed by atoms with E-state index in [1.165, 1.54) is 38.5 Å². The lowest BCUT2D eigenvalue weighted by Crippen LogP contribution is -2.50. The first-order valence-corrected chi connectivity index (χ1v) is 10.8. The summed E-state index contributed by atoms with van der Waals surface area (Å²) in [5, 5.41) is 0. The Hall–Kier alpha value is -0.0400. The second kappa shape index (κ2) is 4.77. The van der Waals surface area contributed by atoms with Crippen molar-refractivity contribution in [2.75, 3.05) is 13.2 Å². The Balaban J connectivity index is 1.12. The molecule has 0 aromatic heterocycles. The van der Waals surface area contributed by atoms with Crippen molar-refractivity contribution in [3.8, 4) is 0 Å². The van der Waals surface area contributed by atoms with Crippen LogP contribution in [0.3, 0.4) is 0 Å². The predicted molar refractivity (Wildman–Crippen MR) is 92.0 cm³/mol. The molecule has 8 saturated carbocycles. The smallest absolute Gasteiger partial charge is 0.0523 e. The van der Waals surface area contributed by atoms with Crippen LogP contribution in [0.2, 0.25) is 0 Å². The molecule has 0 heterocycles. The molecule has 8 rings (SSSR count). The minimum atomic E-state index is 0.622. The highest BCUT2D eigenvalue weighted by molar-refractivity contribution is 5.03. The average molecular weight is 315 g/mol. The molecule has 0 atom stereocenters. The molecule has 0 N–H and O–H groups in total. The van der Waals surface area contributed by atoms with Crippen molar-refractivity contribution in [2.24, 2.45) is 46.3 Å². The summed E-state index contributed by atoms with van der Waals surface area (Å²) in [6, 6.07) is 0. The van der Waals surface area contributed by atoms with Gasteiger partial charge < -0.3 is 4.74 Å². The molecular formula is C22H34O. The number of rotatable bonds is 4. The summed E-state index contributed by atoms with van der Waals surface area (Å²) < 4.78 is 6.60. The van der Waals surface area contributed by atoms with E-state index in [1.807, 2.05) is 0 Å². The molecule has 128 valence electrons. The van der Waals surface area contributed by atoms with Crippen LogP contribution in [0.4, 0.5) is 0 Å². The lowest BCUT2D eigenvalue weighted by molar-refractivity contribution is -0.136. The Morgan fingerprint density at radius 2 is 0.739 bits per heavy atom. The zero-order valence-corrected chi connectivity index (χ0v) is 14.8. The third kappa shape index (κ3) is 2.28. The van der Waals surface area contributed by atoms with Gasteiger partial charge in [-0.05, 0) is 123 Å². The summed E-state index contributed by atoms with van der Waals surface area (Å²) in [4.78, 5) is 0. The van der Waals surface area contributed by atoms with Crippen LogP contribution >= 0.6 is 0 Å². The van der Waals surface area contributed by atoms with Gasteiger partial charge >= 0.3 is 0 Å². The Morgan fingerprint density at radius 1 is 0.478 bits per heavy atom. The molecule has 1 nitrogen and oxygen atoms in total. The highest BCUT2D eigenvalue weighted by atomic mass is 16.5. The van der Waals surface area contributed by atoms with E-state index in [1.54, 1.807) is 38.5 Å². The van der Waals surface area contributed by atoms with Gasteiger partial charge in [0.2, 0.25) is 0 Å². The Morgan fingerprint density at radius 3 is 1.00 bits per heavy atom. The SMILES string of the molecule is C1C2CC3CC1CC(COCC14CC5CC(CC(C5)C1)C4)(C2)C3. The molecule has 0 aromatic carbocycles. The molecule has 8 fully saturated rings. The molecule has 23 heavy (non-hydrogen) atoms. The van der Waals surface area contributed by atoms with Crippen LogP contribution in [-0.2, 0) is 4.74 Å². The molecule has 0 aromatic rings. The number of hydrogen-bond donors (Lipinski definition) is 0. The highest BCUT2D eigenvalue weighted by Crippen LogP contribution is 2.62. The monoisotopic (exact) mass is 314 g/mol. The van der Waals surface area contributed by atoms with Crippen LogP contribution in [-0.4, -0.2) is 13.2 Å². The van der Waals surface area contributed by atoms with Gasteiger partial charge in [-0.15, -0.1) is 0 Å². The van der Waals surface area contributed by atoms with E-state index < -0.39 is 0 Å². The molecular weight excluding hydrogens is 280 g/mol. The van der Waals surface area contributed by atoms with Crippen molar-refractivity contribution in [1.29, 1.82) is 0 Å². The summed E-state index contributed by atoms with van der Waals surface area (Å²) >= 11 is 0. The third-order valence-corrected chi connectivity index (χ3v) is 9.15. The van der Waals surface area contributed by atoms with Crippen LogP contribution in [0, 0.1) is 46.3 Å². The quantitative estimate of drug-likeness (QED) is 0.672. The molecule has 8 aliphatic carbocycles. The van der Waals surface area contributed by atoms with E-state index in [-0.39, 0.29) is 0 Å². The standard InChI is InChI=1S/C22H34O/c1-15-2-17-3-16(1)8-21(7-15,9-17)13-23-14-22-10-18-4-19(11-22)6-20(5-18)12-22/h15-20H,1-14H2. The fraction of sp³-hybridized carbons (Fsp3) is 1.00. The second-order valence-electron chi connectivity index (χ2n) is 11.3. The van der Waals surface area contributed by atoms with Gasteiger partial charge in [-0.3, -0.25) is 0 Å². The second-order valence-corrected chi connectivity index (χ2v) is 11.3. The minimum absolute atomic E-state index is 0.622. The lowest BCUT2D eigenvalue weighted by Gasteiger charge is -2.58. The topological polar surface area (TPSA) is 9.23 Å². The maximum Gasteiger partial charge on any atom is 0.0523 e. The Kier molecular flexibility index (Phi) is 2.94. The van der Waals surface area contributed by atoms with E-state index in [9.17, 15) is 0 Å². The van der Waals surface area contributed by atoms with Crippen molar-refractivity contribution in [3.05, 3.63) is 0 Å². The maximum atomic E-state index is 6.60. The minimum Gasteiger partial charge on any atom is -0.380 e. The highest BCUT2D eigenvalue weighted by Gasteiger charge is 2.53. The molecule has 0 amide bonds. The van der Waals surface area contributed by atoms with E-state index in [4.69, 9.17) is 4.74 Å². The molecule has 0 aliphatic heterocycles. The van der Waals surface area contributed by atoms with Gasteiger partial charge in [0, 0.05) is 0 Å². The Labute approximate surface area is 141 Å². The molecule has 0 unspecified atom stereocenters. The van der Waals surface area contributed by atoms with Crippen molar-refractivity contribution in [1.82, 2.24) is 0 Å². The first-order chi connectivity index (χ1) is 11.2. The van der Waals surface area contributed by atoms with Crippen molar-refractivity contribution in [3.63, 3.8) is 0 Å². The average Bonchev–Trinajstić information content (AvgIpc) is 2.43. The molecule has 1 heteroatoms. The molecule has 0 radical (unpaired) electrons. The van der Waals surface area contributed by atoms with Gasteiger partial charge in [0.05, 0.1) is 13.2 Å². The van der Waals surface area contributed by atoms with Crippen LogP contribution < -0.4 is 0 Å². The van der Waals surface area contributed by atoms with E-state index in [0.717, 1.165) is 48.7 Å². The largest absolute Gasteiger partial charge is 0.380 e. The van der Waals surface area contributed by atoms with E-state index in [2.05, 4.69) is 0 Å². The lowest BCUT2D eigenvalue weighted by atomic mass is 9.49. The maximum absolute atomic E-state index is 6.60. The number of ether oxygens (including phenoxy) is 1. The fourth-order valence-electron chi connectivity index (χ4n) is 9.42.